The van der Waals surface area contributed by atoms with Crippen molar-refractivity contribution in [2.75, 3.05) is 0 Å². The first kappa shape index (κ1) is 26.2. The summed E-state index contributed by atoms with van der Waals surface area (Å²) in [6.45, 7) is 25.9. The summed E-state index contributed by atoms with van der Waals surface area (Å²) in [4.78, 5) is 0. The predicted octanol–water partition coefficient (Wildman–Crippen LogP) is 8.23. The average molecular weight is 431 g/mol. The molecular formula is C26H46OSi2. The van der Waals surface area contributed by atoms with Crippen LogP contribution in [0.5, 0.6) is 0 Å². The Kier molecular flexibility index (Phi) is 9.46. The van der Waals surface area contributed by atoms with Crippen molar-refractivity contribution in [1.29, 1.82) is 0 Å². The van der Waals surface area contributed by atoms with E-state index in [4.69, 9.17) is 4.43 Å². The van der Waals surface area contributed by atoms with E-state index in [-0.39, 0.29) is 11.1 Å². The molecule has 0 aromatic heterocycles. The number of rotatable bonds is 8. The Labute approximate surface area is 184 Å². The Morgan fingerprint density at radius 2 is 1.34 bits per heavy atom. The maximum Gasteiger partial charge on any atom is 0.193 e. The fourth-order valence-electron chi connectivity index (χ4n) is 4.27. The van der Waals surface area contributed by atoms with Gasteiger partial charge in [-0.3, -0.25) is 0 Å². The topological polar surface area (TPSA) is 9.23 Å². The molecule has 1 aromatic rings. The van der Waals surface area contributed by atoms with E-state index in [9.17, 15) is 0 Å². The van der Waals surface area contributed by atoms with Crippen molar-refractivity contribution >= 4 is 16.4 Å². The van der Waals surface area contributed by atoms with Crippen molar-refractivity contribution in [3.8, 4) is 11.5 Å². The first-order valence-corrected chi connectivity index (χ1v) is 16.6. The SMILES string of the molecule is CC(C)[Si](C#CC(CCc1ccccc1)O[Si](C)(C)C(C)(C)C)(C(C)C)C(C)C. The molecule has 0 fully saturated rings. The van der Waals surface area contributed by atoms with Gasteiger partial charge in [0.25, 0.3) is 0 Å². The van der Waals surface area contributed by atoms with Gasteiger partial charge in [-0.15, -0.1) is 5.54 Å². The third-order valence-electron chi connectivity index (χ3n) is 7.10. The number of aryl methyl sites for hydroxylation is 1. The van der Waals surface area contributed by atoms with Gasteiger partial charge in [0.2, 0.25) is 0 Å². The summed E-state index contributed by atoms with van der Waals surface area (Å²) in [6, 6.07) is 10.8. The molecule has 0 aliphatic carbocycles. The fourth-order valence-corrected chi connectivity index (χ4v) is 10.8. The zero-order chi connectivity index (χ0) is 22.5. The third kappa shape index (κ3) is 6.84. The molecule has 1 rings (SSSR count). The van der Waals surface area contributed by atoms with Crippen LogP contribution in [0.15, 0.2) is 30.3 Å². The zero-order valence-corrected chi connectivity index (χ0v) is 23.0. The number of hydrogen-bond donors (Lipinski definition) is 0. The minimum atomic E-state index is -1.87. The Morgan fingerprint density at radius 1 is 0.862 bits per heavy atom. The Hall–Kier alpha value is -0.826. The number of hydrogen-bond acceptors (Lipinski definition) is 1. The summed E-state index contributed by atoms with van der Waals surface area (Å²) in [5.41, 5.74) is 7.25. The van der Waals surface area contributed by atoms with Crippen LogP contribution in [0.1, 0.15) is 74.3 Å². The fraction of sp³-hybridized carbons (Fsp3) is 0.692. The minimum absolute atomic E-state index is 0.0271. The average Bonchev–Trinajstić information content (AvgIpc) is 2.58. The highest BCUT2D eigenvalue weighted by atomic mass is 28.4. The van der Waals surface area contributed by atoms with Crippen LogP contribution in [0, 0.1) is 11.5 Å². The van der Waals surface area contributed by atoms with Crippen LogP contribution in [0.3, 0.4) is 0 Å². The van der Waals surface area contributed by atoms with E-state index in [0.29, 0.717) is 16.6 Å². The molecule has 1 aromatic carbocycles. The van der Waals surface area contributed by atoms with E-state index in [1.807, 2.05) is 0 Å². The van der Waals surface area contributed by atoms with Crippen LogP contribution in [-0.2, 0) is 10.8 Å². The van der Waals surface area contributed by atoms with Crippen molar-refractivity contribution in [3.05, 3.63) is 35.9 Å². The Bertz CT molecular complexity index is 650. The number of benzene rings is 1. The van der Waals surface area contributed by atoms with Gasteiger partial charge in [0, 0.05) is 0 Å². The van der Waals surface area contributed by atoms with Crippen LogP contribution in [-0.4, -0.2) is 22.5 Å². The maximum absolute atomic E-state index is 6.85. The minimum Gasteiger partial charge on any atom is -0.403 e. The molecule has 0 amide bonds. The second-order valence-electron chi connectivity index (χ2n) is 11.1. The van der Waals surface area contributed by atoms with Gasteiger partial charge < -0.3 is 4.43 Å². The van der Waals surface area contributed by atoms with E-state index in [1.165, 1.54) is 5.56 Å². The van der Waals surface area contributed by atoms with Gasteiger partial charge in [0.15, 0.2) is 8.32 Å². The summed E-state index contributed by atoms with van der Waals surface area (Å²) < 4.78 is 6.85. The largest absolute Gasteiger partial charge is 0.403 e. The maximum atomic E-state index is 6.85. The molecule has 0 radical (unpaired) electrons. The van der Waals surface area contributed by atoms with Gasteiger partial charge >= 0.3 is 0 Å². The lowest BCUT2D eigenvalue weighted by molar-refractivity contribution is 0.224. The summed E-state index contributed by atoms with van der Waals surface area (Å²) in [6.07, 6.45) is 2.02. The molecule has 0 bridgehead atoms. The van der Waals surface area contributed by atoms with Crippen LogP contribution in [0.25, 0.3) is 0 Å². The zero-order valence-electron chi connectivity index (χ0n) is 21.0. The predicted molar refractivity (Wildman–Crippen MR) is 136 cm³/mol. The summed E-state index contributed by atoms with van der Waals surface area (Å²) in [5.74, 6) is 3.73. The molecule has 0 aliphatic heterocycles. The lowest BCUT2D eigenvalue weighted by Gasteiger charge is -2.39. The van der Waals surface area contributed by atoms with Gasteiger partial charge in [0.05, 0.1) is 0 Å². The van der Waals surface area contributed by atoms with Crippen molar-refractivity contribution in [1.82, 2.24) is 0 Å². The normalized spacial score (nSPS) is 14.3. The Balaban J connectivity index is 3.24. The highest BCUT2D eigenvalue weighted by Gasteiger charge is 2.42. The first-order chi connectivity index (χ1) is 13.2. The molecule has 0 saturated carbocycles. The standard InChI is InChI=1S/C26H46OSi2/c1-21(2)29(22(3)4,23(5)6)20-19-25(27-28(10,11)26(7,8)9)18-17-24-15-13-12-14-16-24/h12-16,21-23,25H,17-18H2,1-11H3. The quantitative estimate of drug-likeness (QED) is 0.298. The highest BCUT2D eigenvalue weighted by molar-refractivity contribution is 6.90. The molecule has 164 valence electrons. The summed E-state index contributed by atoms with van der Waals surface area (Å²) in [7, 11) is -3.62. The van der Waals surface area contributed by atoms with Gasteiger partial charge in [0.1, 0.15) is 14.2 Å². The van der Waals surface area contributed by atoms with Crippen LogP contribution in [0.2, 0.25) is 34.8 Å². The molecule has 0 aliphatic rings. The van der Waals surface area contributed by atoms with Gasteiger partial charge in [-0.1, -0.05) is 98.6 Å². The van der Waals surface area contributed by atoms with Crippen molar-refractivity contribution in [2.45, 2.75) is 116 Å². The van der Waals surface area contributed by atoms with E-state index in [2.05, 4.69) is 117 Å². The van der Waals surface area contributed by atoms with Crippen LogP contribution in [0.4, 0.5) is 0 Å². The lowest BCUT2D eigenvalue weighted by atomic mass is 10.1. The molecule has 0 N–H and O–H groups in total. The summed E-state index contributed by atoms with van der Waals surface area (Å²) in [5, 5.41) is 0.197. The third-order valence-corrected chi connectivity index (χ3v) is 17.9. The van der Waals surface area contributed by atoms with E-state index < -0.39 is 16.4 Å². The lowest BCUT2D eigenvalue weighted by Crippen LogP contribution is -2.45. The van der Waals surface area contributed by atoms with Gasteiger partial charge in [-0.05, 0) is 53.2 Å². The molecule has 3 heteroatoms. The smallest absolute Gasteiger partial charge is 0.193 e. The van der Waals surface area contributed by atoms with E-state index in [0.717, 1.165) is 12.8 Å². The second-order valence-corrected chi connectivity index (χ2v) is 21.4. The summed E-state index contributed by atoms with van der Waals surface area (Å²) >= 11 is 0. The first-order valence-electron chi connectivity index (χ1n) is 11.5. The molecule has 0 saturated heterocycles. The van der Waals surface area contributed by atoms with E-state index >= 15 is 0 Å². The molecule has 1 nitrogen and oxygen atoms in total. The molecule has 1 atom stereocenters. The van der Waals surface area contributed by atoms with Gasteiger partial charge in [-0.25, -0.2) is 0 Å². The molecule has 29 heavy (non-hydrogen) atoms. The molecule has 0 heterocycles. The molecule has 1 unspecified atom stereocenters. The van der Waals surface area contributed by atoms with Crippen molar-refractivity contribution < 1.29 is 4.43 Å². The molecular weight excluding hydrogens is 384 g/mol. The van der Waals surface area contributed by atoms with Gasteiger partial charge in [-0.2, -0.15) is 0 Å². The van der Waals surface area contributed by atoms with E-state index in [1.54, 1.807) is 0 Å². The molecule has 0 spiro atoms. The monoisotopic (exact) mass is 430 g/mol. The van der Waals surface area contributed by atoms with Crippen LogP contribution < -0.4 is 0 Å². The van der Waals surface area contributed by atoms with Crippen molar-refractivity contribution in [2.24, 2.45) is 0 Å². The van der Waals surface area contributed by atoms with Crippen LogP contribution >= 0.6 is 0 Å². The Morgan fingerprint density at radius 3 is 1.76 bits per heavy atom. The second kappa shape index (κ2) is 10.5. The highest BCUT2D eigenvalue weighted by Crippen LogP contribution is 2.41. The van der Waals surface area contributed by atoms with Crippen molar-refractivity contribution in [3.63, 3.8) is 0 Å².